The number of amidine groups is 1. The van der Waals surface area contributed by atoms with Gasteiger partial charge in [-0.3, -0.25) is 5.41 Å². The highest BCUT2D eigenvalue weighted by Gasteiger charge is 2.02. The third kappa shape index (κ3) is 3.07. The molecule has 86 valence electrons. The van der Waals surface area contributed by atoms with Gasteiger partial charge in [0.05, 0.1) is 0 Å². The number of nitrogens with one attached hydrogen (secondary N) is 1. The van der Waals surface area contributed by atoms with Crippen LogP contribution in [0.4, 0.5) is 0 Å². The fraction of sp³-hybridized carbons (Fsp3) is 0.0769. The fourth-order valence-corrected chi connectivity index (χ4v) is 2.17. The van der Waals surface area contributed by atoms with Gasteiger partial charge in [-0.15, -0.1) is 0 Å². The van der Waals surface area contributed by atoms with Crippen molar-refractivity contribution in [2.45, 2.75) is 16.8 Å². The Morgan fingerprint density at radius 3 is 2.59 bits per heavy atom. The lowest BCUT2D eigenvalue weighted by Crippen LogP contribution is -2.10. The van der Waals surface area contributed by atoms with Gasteiger partial charge in [-0.1, -0.05) is 29.5 Å². The summed E-state index contributed by atoms with van der Waals surface area (Å²) >= 11 is 1.56. The molecule has 1 aromatic heterocycles. The Balaban J connectivity index is 2.21. The Labute approximate surface area is 105 Å². The maximum atomic E-state index is 7.38. The van der Waals surface area contributed by atoms with E-state index < -0.39 is 0 Å². The van der Waals surface area contributed by atoms with Crippen LogP contribution >= 0.6 is 11.8 Å². The summed E-state index contributed by atoms with van der Waals surface area (Å²) in [7, 11) is 0. The average molecular weight is 243 g/mol. The molecule has 0 amide bonds. The number of nitrogen functional groups attached to an aromatic ring is 1. The van der Waals surface area contributed by atoms with Crippen LogP contribution in [0.1, 0.15) is 11.1 Å². The molecule has 0 radical (unpaired) electrons. The normalized spacial score (nSPS) is 10.2. The van der Waals surface area contributed by atoms with Crippen LogP contribution < -0.4 is 5.73 Å². The number of hydrogen-bond donors (Lipinski definition) is 2. The smallest absolute Gasteiger partial charge is 0.122 e. The molecule has 0 atom stereocenters. The Kier molecular flexibility index (Phi) is 3.44. The summed E-state index contributed by atoms with van der Waals surface area (Å²) < 4.78 is 0. The van der Waals surface area contributed by atoms with E-state index in [4.69, 9.17) is 11.1 Å². The number of pyridine rings is 1. The summed E-state index contributed by atoms with van der Waals surface area (Å²) in [6, 6.07) is 11.8. The van der Waals surface area contributed by atoms with Crippen molar-refractivity contribution >= 4 is 17.6 Å². The van der Waals surface area contributed by atoms with Crippen LogP contribution in [-0.2, 0) is 0 Å². The topological polar surface area (TPSA) is 62.8 Å². The molecular formula is C13H13N3S. The van der Waals surface area contributed by atoms with Crippen molar-refractivity contribution in [3.63, 3.8) is 0 Å². The van der Waals surface area contributed by atoms with Crippen LogP contribution in [0.5, 0.6) is 0 Å². The molecule has 0 aliphatic carbocycles. The fourth-order valence-electron chi connectivity index (χ4n) is 1.36. The van der Waals surface area contributed by atoms with Crippen molar-refractivity contribution < 1.29 is 0 Å². The lowest BCUT2D eigenvalue weighted by molar-refractivity contribution is 1.12. The van der Waals surface area contributed by atoms with Crippen molar-refractivity contribution in [3.05, 3.63) is 53.7 Å². The summed E-state index contributed by atoms with van der Waals surface area (Å²) in [4.78, 5) is 5.38. The van der Waals surface area contributed by atoms with E-state index in [0.717, 1.165) is 9.92 Å². The molecule has 0 aliphatic heterocycles. The third-order valence-corrected chi connectivity index (χ3v) is 3.23. The summed E-state index contributed by atoms with van der Waals surface area (Å²) in [5.41, 5.74) is 7.38. The minimum absolute atomic E-state index is 0.0677. The van der Waals surface area contributed by atoms with Gasteiger partial charge >= 0.3 is 0 Å². The first-order valence-corrected chi connectivity index (χ1v) is 6.02. The van der Waals surface area contributed by atoms with E-state index in [1.54, 1.807) is 24.0 Å². The molecule has 1 aromatic carbocycles. The zero-order valence-corrected chi connectivity index (χ0v) is 10.3. The predicted octanol–water partition coefficient (Wildman–Crippen LogP) is 2.83. The zero-order valence-electron chi connectivity index (χ0n) is 9.47. The second-order valence-electron chi connectivity index (χ2n) is 3.71. The van der Waals surface area contributed by atoms with Crippen molar-refractivity contribution in [2.24, 2.45) is 5.73 Å². The molecule has 0 fully saturated rings. The molecular weight excluding hydrogens is 230 g/mol. The Morgan fingerprint density at radius 2 is 1.94 bits per heavy atom. The molecule has 4 heteroatoms. The molecule has 0 saturated heterocycles. The minimum Gasteiger partial charge on any atom is -0.384 e. The predicted molar refractivity (Wildman–Crippen MR) is 70.6 cm³/mol. The molecule has 0 spiro atoms. The lowest BCUT2D eigenvalue weighted by atomic mass is 10.2. The second kappa shape index (κ2) is 5.01. The summed E-state index contributed by atoms with van der Waals surface area (Å²) in [6.07, 6.45) is 1.67. The number of nitrogens with two attached hydrogens (primary N) is 1. The summed E-state index contributed by atoms with van der Waals surface area (Å²) in [5.74, 6) is 0.0677. The molecule has 1 heterocycles. The van der Waals surface area contributed by atoms with Gasteiger partial charge < -0.3 is 5.73 Å². The molecule has 3 N–H and O–H groups in total. The van der Waals surface area contributed by atoms with Gasteiger partial charge in [0.2, 0.25) is 0 Å². The van der Waals surface area contributed by atoms with Gasteiger partial charge in [-0.25, -0.2) is 4.98 Å². The number of nitrogens with zero attached hydrogens (tertiary/aromatic N) is 1. The van der Waals surface area contributed by atoms with Crippen molar-refractivity contribution in [2.75, 3.05) is 0 Å². The second-order valence-corrected chi connectivity index (χ2v) is 4.81. The molecule has 0 unspecified atom stereocenters. The van der Waals surface area contributed by atoms with Gasteiger partial charge in [0, 0.05) is 16.7 Å². The van der Waals surface area contributed by atoms with Crippen LogP contribution in [0.25, 0.3) is 0 Å². The maximum Gasteiger partial charge on any atom is 0.122 e. The van der Waals surface area contributed by atoms with E-state index in [1.807, 2.05) is 6.07 Å². The van der Waals surface area contributed by atoms with E-state index in [-0.39, 0.29) is 5.84 Å². The standard InChI is InChI=1S/C13H13N3S/c1-9-2-4-11(5-3-9)17-12-8-10(13(14)15)6-7-16-12/h2-8H,1H3,(H3,14,15). The lowest BCUT2D eigenvalue weighted by Gasteiger charge is -2.03. The number of aryl methyl sites for hydroxylation is 1. The Bertz CT molecular complexity index is 535. The first kappa shape index (κ1) is 11.7. The van der Waals surface area contributed by atoms with Gasteiger partial charge in [-0.05, 0) is 31.2 Å². The highest BCUT2D eigenvalue weighted by Crippen LogP contribution is 2.26. The van der Waals surface area contributed by atoms with Crippen molar-refractivity contribution in [1.82, 2.24) is 4.98 Å². The van der Waals surface area contributed by atoms with E-state index in [9.17, 15) is 0 Å². The SMILES string of the molecule is Cc1ccc(Sc2cc(C(=N)N)ccn2)cc1. The first-order valence-electron chi connectivity index (χ1n) is 5.20. The quantitative estimate of drug-likeness (QED) is 0.643. The van der Waals surface area contributed by atoms with Crippen LogP contribution in [-0.4, -0.2) is 10.8 Å². The van der Waals surface area contributed by atoms with Gasteiger partial charge in [0.1, 0.15) is 10.9 Å². The number of aromatic nitrogens is 1. The molecule has 2 aromatic rings. The van der Waals surface area contributed by atoms with E-state index in [0.29, 0.717) is 5.56 Å². The van der Waals surface area contributed by atoms with Crippen LogP contribution in [0.3, 0.4) is 0 Å². The maximum absolute atomic E-state index is 7.38. The first-order chi connectivity index (χ1) is 8.15. The molecule has 2 rings (SSSR count). The Hall–Kier alpha value is -1.81. The van der Waals surface area contributed by atoms with Gasteiger partial charge in [0.25, 0.3) is 0 Å². The third-order valence-electron chi connectivity index (χ3n) is 2.29. The highest BCUT2D eigenvalue weighted by molar-refractivity contribution is 7.99. The average Bonchev–Trinajstić information content (AvgIpc) is 2.32. The van der Waals surface area contributed by atoms with Crippen molar-refractivity contribution in [3.8, 4) is 0 Å². The zero-order chi connectivity index (χ0) is 12.3. The van der Waals surface area contributed by atoms with Crippen molar-refractivity contribution in [1.29, 1.82) is 5.41 Å². The largest absolute Gasteiger partial charge is 0.384 e. The Morgan fingerprint density at radius 1 is 1.24 bits per heavy atom. The van der Waals surface area contributed by atoms with Gasteiger partial charge in [-0.2, -0.15) is 0 Å². The molecule has 0 bridgehead atoms. The van der Waals surface area contributed by atoms with Crippen LogP contribution in [0, 0.1) is 12.3 Å². The van der Waals surface area contributed by atoms with Crippen LogP contribution in [0.15, 0.2) is 52.5 Å². The number of rotatable bonds is 3. The molecule has 3 nitrogen and oxygen atoms in total. The molecule has 17 heavy (non-hydrogen) atoms. The number of hydrogen-bond acceptors (Lipinski definition) is 3. The van der Waals surface area contributed by atoms with Gasteiger partial charge in [0.15, 0.2) is 0 Å². The summed E-state index contributed by atoms with van der Waals surface area (Å²) in [6.45, 7) is 2.06. The minimum atomic E-state index is 0.0677. The molecule has 0 saturated carbocycles. The highest BCUT2D eigenvalue weighted by atomic mass is 32.2. The molecule has 0 aliphatic rings. The summed E-state index contributed by atoms with van der Waals surface area (Å²) in [5, 5.41) is 8.23. The van der Waals surface area contributed by atoms with Crippen LogP contribution in [0.2, 0.25) is 0 Å². The monoisotopic (exact) mass is 243 g/mol. The van der Waals surface area contributed by atoms with E-state index in [2.05, 4.69) is 36.2 Å². The van der Waals surface area contributed by atoms with E-state index in [1.165, 1.54) is 5.56 Å². The number of benzene rings is 1. The van der Waals surface area contributed by atoms with E-state index >= 15 is 0 Å².